The van der Waals surface area contributed by atoms with Gasteiger partial charge in [-0.05, 0) is 42.3 Å². The predicted octanol–water partition coefficient (Wildman–Crippen LogP) is 2.06. The number of hydrogen-bond acceptors (Lipinski definition) is 8. The van der Waals surface area contributed by atoms with Gasteiger partial charge in [0.05, 0.1) is 24.7 Å². The van der Waals surface area contributed by atoms with Crippen molar-refractivity contribution in [1.29, 1.82) is 0 Å². The van der Waals surface area contributed by atoms with Crippen molar-refractivity contribution in [3.8, 4) is 0 Å². The molecule has 37 heavy (non-hydrogen) atoms. The molecule has 1 fully saturated rings. The van der Waals surface area contributed by atoms with Crippen LogP contribution in [0.5, 0.6) is 0 Å². The number of carbonyl (C=O) groups excluding carboxylic acids is 6. The van der Waals surface area contributed by atoms with Crippen LogP contribution in [0.1, 0.15) is 45.5 Å². The second kappa shape index (κ2) is 11.2. The number of methoxy groups -OCH3 is 1. The number of fused-ring (bicyclic) bond motifs is 1. The Kier molecular flexibility index (Phi) is 7.87. The lowest BCUT2D eigenvalue weighted by Gasteiger charge is -2.27. The second-order valence-corrected chi connectivity index (χ2v) is 9.51. The van der Waals surface area contributed by atoms with Gasteiger partial charge in [-0.25, -0.2) is 4.79 Å². The average Bonchev–Trinajstić information content (AvgIpc) is 3.12. The third kappa shape index (κ3) is 5.97. The maximum atomic E-state index is 12.9. The van der Waals surface area contributed by atoms with Crippen molar-refractivity contribution in [1.82, 2.24) is 15.5 Å². The number of esters is 1. The van der Waals surface area contributed by atoms with Gasteiger partial charge < -0.3 is 15.4 Å². The fourth-order valence-electron chi connectivity index (χ4n) is 4.00. The largest absolute Gasteiger partial charge is 0.469 e. The summed E-state index contributed by atoms with van der Waals surface area (Å²) in [6.07, 6.45) is 0.401. The molecule has 2 aromatic rings. The molecule has 2 heterocycles. The molecule has 4 rings (SSSR count). The van der Waals surface area contributed by atoms with Gasteiger partial charge >= 0.3 is 12.0 Å². The van der Waals surface area contributed by atoms with E-state index >= 15 is 0 Å². The Balaban J connectivity index is 1.34. The van der Waals surface area contributed by atoms with Crippen molar-refractivity contribution in [2.24, 2.45) is 0 Å². The van der Waals surface area contributed by atoms with Gasteiger partial charge in [0.25, 0.3) is 11.8 Å². The van der Waals surface area contributed by atoms with Gasteiger partial charge in [-0.2, -0.15) is 0 Å². The molecule has 0 aliphatic carbocycles. The van der Waals surface area contributed by atoms with E-state index < -0.39 is 35.7 Å². The summed E-state index contributed by atoms with van der Waals surface area (Å²) in [5.41, 5.74) is 1.47. The highest BCUT2D eigenvalue weighted by Gasteiger charge is 2.44. The van der Waals surface area contributed by atoms with Crippen LogP contribution in [0.3, 0.4) is 0 Å². The molecule has 0 bridgehead atoms. The first kappa shape index (κ1) is 25.9. The molecule has 1 saturated heterocycles. The lowest BCUT2D eigenvalue weighted by atomic mass is 10.0. The van der Waals surface area contributed by atoms with Crippen molar-refractivity contribution < 1.29 is 33.5 Å². The van der Waals surface area contributed by atoms with E-state index in [0.29, 0.717) is 17.0 Å². The fourth-order valence-corrected chi connectivity index (χ4v) is 4.89. The number of nitrogens with zero attached hydrogens (tertiary/aromatic N) is 1. The molecule has 192 valence electrons. The van der Waals surface area contributed by atoms with Gasteiger partial charge in [0.1, 0.15) is 6.04 Å². The van der Waals surface area contributed by atoms with E-state index in [1.807, 2.05) is 6.07 Å². The maximum absolute atomic E-state index is 12.9. The molecule has 2 aliphatic heterocycles. The van der Waals surface area contributed by atoms with Crippen LogP contribution >= 0.6 is 11.8 Å². The minimum atomic E-state index is -1.04. The van der Waals surface area contributed by atoms with E-state index in [2.05, 4.69) is 20.7 Å². The zero-order chi connectivity index (χ0) is 26.5. The summed E-state index contributed by atoms with van der Waals surface area (Å²) >= 11 is 1.46. The molecule has 11 nitrogen and oxygen atoms in total. The number of nitrogens with one attached hydrogen (secondary N) is 3. The Labute approximate surface area is 216 Å². The molecular weight excluding hydrogens is 500 g/mol. The van der Waals surface area contributed by atoms with Gasteiger partial charge in [-0.15, -0.1) is 11.8 Å². The first-order valence-corrected chi connectivity index (χ1v) is 12.4. The van der Waals surface area contributed by atoms with Gasteiger partial charge in [-0.1, -0.05) is 12.1 Å². The maximum Gasteiger partial charge on any atom is 0.319 e. The van der Waals surface area contributed by atoms with Crippen molar-refractivity contribution in [2.75, 3.05) is 18.2 Å². The summed E-state index contributed by atoms with van der Waals surface area (Å²) in [4.78, 5) is 74.8. The summed E-state index contributed by atoms with van der Waals surface area (Å²) in [5.74, 6) is -2.05. The quantitative estimate of drug-likeness (QED) is 0.270. The number of thioether (sulfide) groups is 1. The third-order valence-corrected chi connectivity index (χ3v) is 6.85. The molecule has 2 aliphatic rings. The zero-order valence-corrected chi connectivity index (χ0v) is 20.7. The number of piperidine rings is 1. The van der Waals surface area contributed by atoms with E-state index in [-0.39, 0.29) is 42.9 Å². The first-order chi connectivity index (χ1) is 17.8. The number of carbonyl (C=O) groups is 6. The van der Waals surface area contributed by atoms with Gasteiger partial charge in [-0.3, -0.25) is 34.2 Å². The van der Waals surface area contributed by atoms with E-state index in [0.717, 1.165) is 9.80 Å². The number of anilines is 1. The number of imide groups is 2. The summed E-state index contributed by atoms with van der Waals surface area (Å²) in [7, 11) is 1.34. The number of hydrogen-bond donors (Lipinski definition) is 3. The number of amides is 6. The van der Waals surface area contributed by atoms with Gasteiger partial charge in [0, 0.05) is 29.3 Å². The third-order valence-electron chi connectivity index (χ3n) is 5.85. The van der Waals surface area contributed by atoms with Crippen LogP contribution in [0, 0.1) is 0 Å². The number of urea groups is 1. The molecule has 2 aromatic carbocycles. The SMILES string of the molecule is COC(=O)CCSc1cccc(NC(=O)NCc2ccc3c(c2)C(=O)N(C2CCC(=O)NC2=O)C3=O)c1. The lowest BCUT2D eigenvalue weighted by Crippen LogP contribution is -2.54. The topological polar surface area (TPSA) is 151 Å². The van der Waals surface area contributed by atoms with Crippen LogP contribution < -0.4 is 16.0 Å². The van der Waals surface area contributed by atoms with E-state index in [4.69, 9.17) is 0 Å². The van der Waals surface area contributed by atoms with Crippen molar-refractivity contribution in [2.45, 2.75) is 36.7 Å². The van der Waals surface area contributed by atoms with Crippen LogP contribution in [0.4, 0.5) is 10.5 Å². The van der Waals surface area contributed by atoms with Crippen molar-refractivity contribution in [3.05, 3.63) is 59.2 Å². The summed E-state index contributed by atoms with van der Waals surface area (Å²) < 4.78 is 4.62. The van der Waals surface area contributed by atoms with Crippen LogP contribution in [-0.2, 0) is 25.7 Å². The highest BCUT2D eigenvalue weighted by atomic mass is 32.2. The molecule has 1 atom stereocenters. The predicted molar refractivity (Wildman–Crippen MR) is 133 cm³/mol. The Hall–Kier alpha value is -4.19. The Bertz CT molecular complexity index is 1300. The Morgan fingerprint density at radius 3 is 2.62 bits per heavy atom. The van der Waals surface area contributed by atoms with E-state index in [9.17, 15) is 28.8 Å². The van der Waals surface area contributed by atoms with Gasteiger partial charge in [0.2, 0.25) is 11.8 Å². The minimum Gasteiger partial charge on any atom is -0.469 e. The van der Waals surface area contributed by atoms with Crippen LogP contribution in [0.2, 0.25) is 0 Å². The molecule has 0 spiro atoms. The van der Waals surface area contributed by atoms with E-state index in [1.165, 1.54) is 31.0 Å². The molecule has 12 heteroatoms. The zero-order valence-electron chi connectivity index (χ0n) is 19.9. The molecular formula is C25H24N4O7S. The van der Waals surface area contributed by atoms with Crippen molar-refractivity contribution in [3.63, 3.8) is 0 Å². The lowest BCUT2D eigenvalue weighted by molar-refractivity contribution is -0.140. The second-order valence-electron chi connectivity index (χ2n) is 8.34. The Morgan fingerprint density at radius 2 is 1.86 bits per heavy atom. The summed E-state index contributed by atoms with van der Waals surface area (Å²) in [6.45, 7) is 0.0899. The standard InChI is InChI=1S/C25H24N4O7S/c1-36-21(31)9-10-37-16-4-2-3-15(12-16)27-25(35)26-13-14-5-6-17-18(11-14)24(34)29(23(17)33)19-7-8-20(30)28-22(19)32/h2-6,11-12,19H,7-10,13H2,1H3,(H2,26,27,35)(H,28,30,32). The van der Waals surface area contributed by atoms with Crippen LogP contribution in [-0.4, -0.2) is 59.4 Å². The number of ether oxygens (including phenoxy) is 1. The summed E-state index contributed by atoms with van der Waals surface area (Å²) in [5, 5.41) is 7.60. The monoisotopic (exact) mass is 524 g/mol. The molecule has 1 unspecified atom stereocenters. The summed E-state index contributed by atoms with van der Waals surface area (Å²) in [6, 6.07) is 10.3. The number of benzene rings is 2. The van der Waals surface area contributed by atoms with Gasteiger partial charge in [0.15, 0.2) is 0 Å². The Morgan fingerprint density at radius 1 is 1.08 bits per heavy atom. The van der Waals surface area contributed by atoms with E-state index in [1.54, 1.807) is 24.3 Å². The fraction of sp³-hybridized carbons (Fsp3) is 0.280. The van der Waals surface area contributed by atoms with Crippen LogP contribution in [0.25, 0.3) is 0 Å². The smallest absolute Gasteiger partial charge is 0.319 e. The average molecular weight is 525 g/mol. The highest BCUT2D eigenvalue weighted by molar-refractivity contribution is 7.99. The molecule has 0 radical (unpaired) electrons. The van der Waals surface area contributed by atoms with Crippen molar-refractivity contribution >= 4 is 53.1 Å². The minimum absolute atomic E-state index is 0.0448. The molecule has 3 N–H and O–H groups in total. The number of rotatable bonds is 8. The molecule has 6 amide bonds. The molecule has 0 saturated carbocycles. The highest BCUT2D eigenvalue weighted by Crippen LogP contribution is 2.28. The molecule has 0 aromatic heterocycles. The normalized spacial score (nSPS) is 16.8. The first-order valence-electron chi connectivity index (χ1n) is 11.5. The van der Waals surface area contributed by atoms with Crippen LogP contribution in [0.15, 0.2) is 47.4 Å².